The Balaban J connectivity index is 2.41. The van der Waals surface area contributed by atoms with Crippen molar-refractivity contribution in [1.82, 2.24) is 0 Å². The Hall–Kier alpha value is -1.19. The minimum Gasteiger partial charge on any atom is -0.489 e. The van der Waals surface area contributed by atoms with Gasteiger partial charge in [0.1, 0.15) is 12.4 Å². The minimum atomic E-state index is -0.531. The first-order chi connectivity index (χ1) is 8.11. The Labute approximate surface area is 107 Å². The highest BCUT2D eigenvalue weighted by Crippen LogP contribution is 2.16. The van der Waals surface area contributed by atoms with Crippen LogP contribution < -0.4 is 10.1 Å². The van der Waals surface area contributed by atoms with Crippen LogP contribution in [0.25, 0.3) is 0 Å². The molecule has 1 rings (SSSR count). The SMILES string of the molecule is C=C(C)COc1ccc(NCC(O)CCl)cc1. The molecule has 0 heterocycles. The number of benzene rings is 1. The number of ether oxygens (including phenoxy) is 1. The molecule has 0 aliphatic rings. The second-order valence-corrected chi connectivity index (χ2v) is 4.27. The van der Waals surface area contributed by atoms with Crippen molar-refractivity contribution < 1.29 is 9.84 Å². The molecule has 17 heavy (non-hydrogen) atoms. The van der Waals surface area contributed by atoms with Crippen molar-refractivity contribution in [3.8, 4) is 5.75 Å². The van der Waals surface area contributed by atoms with Crippen LogP contribution in [-0.2, 0) is 0 Å². The molecule has 0 spiro atoms. The van der Waals surface area contributed by atoms with Gasteiger partial charge in [-0.05, 0) is 36.8 Å². The van der Waals surface area contributed by atoms with Gasteiger partial charge in [0.05, 0.1) is 12.0 Å². The van der Waals surface area contributed by atoms with E-state index in [0.29, 0.717) is 13.2 Å². The second kappa shape index (κ2) is 7.20. The summed E-state index contributed by atoms with van der Waals surface area (Å²) in [7, 11) is 0. The summed E-state index contributed by atoms with van der Waals surface area (Å²) >= 11 is 5.50. The number of anilines is 1. The highest BCUT2D eigenvalue weighted by Gasteiger charge is 2.01. The van der Waals surface area contributed by atoms with Crippen LogP contribution in [0.4, 0.5) is 5.69 Å². The van der Waals surface area contributed by atoms with E-state index < -0.39 is 6.10 Å². The number of hydrogen-bond acceptors (Lipinski definition) is 3. The molecule has 0 aliphatic carbocycles. The zero-order valence-electron chi connectivity index (χ0n) is 9.95. The molecule has 0 amide bonds. The van der Waals surface area contributed by atoms with Crippen molar-refractivity contribution >= 4 is 17.3 Å². The Kier molecular flexibility index (Phi) is 5.87. The van der Waals surface area contributed by atoms with E-state index in [1.807, 2.05) is 31.2 Å². The summed E-state index contributed by atoms with van der Waals surface area (Å²) in [5.41, 5.74) is 1.91. The van der Waals surface area contributed by atoms with Crippen LogP contribution in [0, 0.1) is 0 Å². The number of halogens is 1. The summed E-state index contributed by atoms with van der Waals surface area (Å²) in [4.78, 5) is 0. The van der Waals surface area contributed by atoms with Gasteiger partial charge in [-0.2, -0.15) is 0 Å². The molecule has 94 valence electrons. The summed E-state index contributed by atoms with van der Waals surface area (Å²) < 4.78 is 5.47. The molecule has 0 bridgehead atoms. The van der Waals surface area contributed by atoms with E-state index in [9.17, 15) is 5.11 Å². The Bertz CT molecular complexity index is 351. The first kappa shape index (κ1) is 13.9. The third-order valence-corrected chi connectivity index (χ3v) is 2.42. The summed E-state index contributed by atoms with van der Waals surface area (Å²) in [5.74, 6) is 1.03. The van der Waals surface area contributed by atoms with Crippen LogP contribution in [-0.4, -0.2) is 30.2 Å². The average Bonchev–Trinajstić information content (AvgIpc) is 2.34. The number of rotatable bonds is 7. The molecule has 0 fully saturated rings. The zero-order valence-corrected chi connectivity index (χ0v) is 10.7. The quantitative estimate of drug-likeness (QED) is 0.581. The highest BCUT2D eigenvalue weighted by molar-refractivity contribution is 6.18. The monoisotopic (exact) mass is 255 g/mol. The minimum absolute atomic E-state index is 0.229. The Morgan fingerprint density at radius 2 is 2.12 bits per heavy atom. The number of nitrogens with one attached hydrogen (secondary N) is 1. The van der Waals surface area contributed by atoms with Gasteiger partial charge in [0, 0.05) is 12.2 Å². The van der Waals surface area contributed by atoms with Crippen molar-refractivity contribution in [2.45, 2.75) is 13.0 Å². The van der Waals surface area contributed by atoms with Crippen molar-refractivity contribution in [1.29, 1.82) is 0 Å². The zero-order chi connectivity index (χ0) is 12.7. The Morgan fingerprint density at radius 1 is 1.47 bits per heavy atom. The largest absolute Gasteiger partial charge is 0.489 e. The van der Waals surface area contributed by atoms with Gasteiger partial charge in [0.15, 0.2) is 0 Å². The van der Waals surface area contributed by atoms with Gasteiger partial charge < -0.3 is 15.2 Å². The van der Waals surface area contributed by atoms with Gasteiger partial charge in [0.25, 0.3) is 0 Å². The van der Waals surface area contributed by atoms with E-state index in [1.54, 1.807) is 0 Å². The third kappa shape index (κ3) is 5.61. The lowest BCUT2D eigenvalue weighted by molar-refractivity contribution is 0.211. The van der Waals surface area contributed by atoms with E-state index in [4.69, 9.17) is 16.3 Å². The van der Waals surface area contributed by atoms with Gasteiger partial charge >= 0.3 is 0 Å². The third-order valence-electron chi connectivity index (χ3n) is 2.06. The fourth-order valence-electron chi connectivity index (χ4n) is 1.17. The van der Waals surface area contributed by atoms with Crippen LogP contribution in [0.15, 0.2) is 36.4 Å². The number of aliphatic hydroxyl groups is 1. The molecule has 0 radical (unpaired) electrons. The van der Waals surface area contributed by atoms with E-state index in [2.05, 4.69) is 11.9 Å². The number of alkyl halides is 1. The van der Waals surface area contributed by atoms with Crippen LogP contribution in [0.2, 0.25) is 0 Å². The highest BCUT2D eigenvalue weighted by atomic mass is 35.5. The standard InChI is InChI=1S/C13H18ClNO2/c1-10(2)9-17-13-5-3-11(4-6-13)15-8-12(16)7-14/h3-6,12,15-16H,1,7-9H2,2H3. The molecule has 3 nitrogen and oxygen atoms in total. The van der Waals surface area contributed by atoms with Crippen LogP contribution >= 0.6 is 11.6 Å². The van der Waals surface area contributed by atoms with E-state index in [0.717, 1.165) is 17.0 Å². The Morgan fingerprint density at radius 3 is 2.65 bits per heavy atom. The molecular weight excluding hydrogens is 238 g/mol. The number of aliphatic hydroxyl groups excluding tert-OH is 1. The predicted molar refractivity (Wildman–Crippen MR) is 72.0 cm³/mol. The van der Waals surface area contributed by atoms with Gasteiger partial charge in [-0.1, -0.05) is 6.58 Å². The molecular formula is C13H18ClNO2. The van der Waals surface area contributed by atoms with E-state index in [1.165, 1.54) is 0 Å². The average molecular weight is 256 g/mol. The first-order valence-corrected chi connectivity index (χ1v) is 6.00. The van der Waals surface area contributed by atoms with E-state index >= 15 is 0 Å². The lowest BCUT2D eigenvalue weighted by atomic mass is 10.3. The van der Waals surface area contributed by atoms with Gasteiger partial charge in [0.2, 0.25) is 0 Å². The van der Waals surface area contributed by atoms with Gasteiger partial charge in [-0.25, -0.2) is 0 Å². The van der Waals surface area contributed by atoms with Crippen molar-refractivity contribution in [3.63, 3.8) is 0 Å². The van der Waals surface area contributed by atoms with Crippen LogP contribution in [0.5, 0.6) is 5.75 Å². The van der Waals surface area contributed by atoms with Crippen molar-refractivity contribution in [2.75, 3.05) is 24.3 Å². The summed E-state index contributed by atoms with van der Waals surface area (Å²) in [6.07, 6.45) is -0.531. The maximum absolute atomic E-state index is 9.29. The van der Waals surface area contributed by atoms with Crippen molar-refractivity contribution in [2.24, 2.45) is 0 Å². The number of hydrogen-bond donors (Lipinski definition) is 2. The normalized spacial score (nSPS) is 11.9. The lowest BCUT2D eigenvalue weighted by Crippen LogP contribution is -2.20. The first-order valence-electron chi connectivity index (χ1n) is 5.47. The van der Waals surface area contributed by atoms with E-state index in [-0.39, 0.29) is 5.88 Å². The van der Waals surface area contributed by atoms with Crippen LogP contribution in [0.3, 0.4) is 0 Å². The topological polar surface area (TPSA) is 41.5 Å². The molecule has 1 aromatic carbocycles. The summed E-state index contributed by atoms with van der Waals surface area (Å²) in [6.45, 7) is 6.65. The maximum Gasteiger partial charge on any atom is 0.119 e. The second-order valence-electron chi connectivity index (χ2n) is 3.96. The lowest BCUT2D eigenvalue weighted by Gasteiger charge is -2.11. The molecule has 0 saturated heterocycles. The predicted octanol–water partition coefficient (Wildman–Crippen LogP) is 2.65. The van der Waals surface area contributed by atoms with Gasteiger partial charge in [-0.3, -0.25) is 0 Å². The molecule has 0 aromatic heterocycles. The maximum atomic E-state index is 9.29. The molecule has 0 aliphatic heterocycles. The molecule has 2 N–H and O–H groups in total. The van der Waals surface area contributed by atoms with Crippen LogP contribution in [0.1, 0.15) is 6.92 Å². The molecule has 1 unspecified atom stereocenters. The smallest absolute Gasteiger partial charge is 0.119 e. The molecule has 4 heteroatoms. The fraction of sp³-hybridized carbons (Fsp3) is 0.385. The van der Waals surface area contributed by atoms with Gasteiger partial charge in [-0.15, -0.1) is 11.6 Å². The molecule has 1 aromatic rings. The molecule has 0 saturated carbocycles. The molecule has 1 atom stereocenters. The van der Waals surface area contributed by atoms with Crippen molar-refractivity contribution in [3.05, 3.63) is 36.4 Å². The summed E-state index contributed by atoms with van der Waals surface area (Å²) in [5, 5.41) is 12.4. The summed E-state index contributed by atoms with van der Waals surface area (Å²) in [6, 6.07) is 7.54. The fourth-order valence-corrected chi connectivity index (χ4v) is 1.27.